The van der Waals surface area contributed by atoms with Crippen LogP contribution in [0.2, 0.25) is 0 Å². The second kappa shape index (κ2) is 6.93. The van der Waals surface area contributed by atoms with Gasteiger partial charge in [-0.25, -0.2) is 0 Å². The van der Waals surface area contributed by atoms with Crippen molar-refractivity contribution in [2.75, 3.05) is 0 Å². The molecule has 1 aromatic rings. The van der Waals surface area contributed by atoms with Gasteiger partial charge < -0.3 is 14.6 Å². The molecule has 0 spiro atoms. The molecule has 0 heterocycles. The van der Waals surface area contributed by atoms with E-state index in [9.17, 15) is 27.5 Å². The number of aliphatic carboxylic acids is 1. The first kappa shape index (κ1) is 20.8. The smallest absolute Gasteiger partial charge is 0.457 e. The number of para-hydroxylation sites is 1. The third-order valence-electron chi connectivity index (χ3n) is 4.96. The van der Waals surface area contributed by atoms with Gasteiger partial charge >= 0.3 is 12.5 Å². The highest BCUT2D eigenvalue weighted by atomic mass is 35.5. The second-order valence-electron chi connectivity index (χ2n) is 6.67. The number of allylic oxidation sites excluding steroid dienone is 1. The van der Waals surface area contributed by atoms with Gasteiger partial charge in [0.25, 0.3) is 0 Å². The lowest BCUT2D eigenvalue weighted by atomic mass is 9.88. The lowest BCUT2D eigenvalue weighted by Crippen LogP contribution is -2.38. The predicted octanol–water partition coefficient (Wildman–Crippen LogP) is 4.18. The fourth-order valence-corrected chi connectivity index (χ4v) is 3.67. The topological polar surface area (TPSA) is 49.4 Å². The first-order valence-electron chi connectivity index (χ1n) is 7.53. The molecule has 0 aromatic heterocycles. The van der Waals surface area contributed by atoms with Crippen LogP contribution in [0, 0.1) is 16.7 Å². The zero-order valence-corrected chi connectivity index (χ0v) is 15.3. The lowest BCUT2D eigenvalue weighted by Gasteiger charge is -2.24. The van der Waals surface area contributed by atoms with Crippen molar-refractivity contribution in [3.63, 3.8) is 0 Å². The Morgan fingerprint density at radius 2 is 1.92 bits per heavy atom. The summed E-state index contributed by atoms with van der Waals surface area (Å²) >= 11 is 11.3. The monoisotopic (exact) mass is 413 g/mol. The molecule has 0 amide bonds. The highest BCUT2D eigenvalue weighted by molar-refractivity contribution is 6.55. The number of carboxylic acid groups (broad SMARTS) is 1. The summed E-state index contributed by atoms with van der Waals surface area (Å²) in [6, 6.07) is 5.37. The average molecular weight is 414 g/mol. The van der Waals surface area contributed by atoms with Crippen molar-refractivity contribution < 1.29 is 32.2 Å². The minimum absolute atomic E-state index is 0.110. The third-order valence-corrected chi connectivity index (χ3v) is 5.21. The van der Waals surface area contributed by atoms with Gasteiger partial charge in [0.15, 0.2) is 0 Å². The molecule has 3 nitrogen and oxygen atoms in total. The van der Waals surface area contributed by atoms with Gasteiger partial charge in [0.1, 0.15) is 10.2 Å². The zero-order chi connectivity index (χ0) is 19.9. The van der Waals surface area contributed by atoms with Gasteiger partial charge in [0.2, 0.25) is 0 Å². The molecule has 1 saturated carbocycles. The molecule has 3 unspecified atom stereocenters. The van der Waals surface area contributed by atoms with Crippen LogP contribution in [0.4, 0.5) is 17.6 Å². The molecule has 0 aliphatic heterocycles. The van der Waals surface area contributed by atoms with E-state index in [4.69, 9.17) is 23.2 Å². The number of carbonyl (C=O) groups is 1. The molecular weight excluding hydrogens is 399 g/mol. The molecular formula is C17H15Cl2F4O3-. The first-order chi connectivity index (χ1) is 11.8. The number of alkyl halides is 4. The SMILES string of the molecule is CC1(C)C(C=C(Cl)Cl)C1(Cc1ccccc1OC(F)C(F)(F)F)C(=O)[O-]. The van der Waals surface area contributed by atoms with E-state index in [-0.39, 0.29) is 22.2 Å². The molecule has 1 aliphatic rings. The van der Waals surface area contributed by atoms with Gasteiger partial charge in [0, 0.05) is 11.4 Å². The van der Waals surface area contributed by atoms with Crippen LogP contribution in [-0.2, 0) is 11.2 Å². The van der Waals surface area contributed by atoms with Crippen molar-refractivity contribution in [1.82, 2.24) is 0 Å². The van der Waals surface area contributed by atoms with Gasteiger partial charge in [-0.05, 0) is 35.5 Å². The van der Waals surface area contributed by atoms with E-state index >= 15 is 0 Å². The van der Waals surface area contributed by atoms with Crippen LogP contribution in [0.15, 0.2) is 34.8 Å². The zero-order valence-electron chi connectivity index (χ0n) is 13.7. The number of ether oxygens (including phenoxy) is 1. The molecule has 0 N–H and O–H groups in total. The highest BCUT2D eigenvalue weighted by Gasteiger charge is 2.70. The lowest BCUT2D eigenvalue weighted by molar-refractivity contribution is -0.315. The van der Waals surface area contributed by atoms with E-state index < -0.39 is 35.3 Å². The van der Waals surface area contributed by atoms with E-state index in [0.29, 0.717) is 0 Å². The molecule has 0 radical (unpaired) electrons. The number of carboxylic acids is 1. The maximum absolute atomic E-state index is 13.3. The first-order valence-corrected chi connectivity index (χ1v) is 8.29. The van der Waals surface area contributed by atoms with Crippen LogP contribution in [0.3, 0.4) is 0 Å². The molecule has 144 valence electrons. The fourth-order valence-electron chi connectivity index (χ4n) is 3.42. The normalized spacial score (nSPS) is 25.3. The molecule has 1 aromatic carbocycles. The third kappa shape index (κ3) is 3.64. The number of hydrogen-bond donors (Lipinski definition) is 0. The van der Waals surface area contributed by atoms with E-state index in [2.05, 4.69) is 4.74 Å². The maximum atomic E-state index is 13.3. The summed E-state index contributed by atoms with van der Waals surface area (Å²) in [4.78, 5) is 11.9. The Bertz CT molecular complexity index is 729. The summed E-state index contributed by atoms with van der Waals surface area (Å²) in [5.74, 6) is -2.40. The summed E-state index contributed by atoms with van der Waals surface area (Å²) in [5.41, 5.74) is -2.18. The molecule has 26 heavy (non-hydrogen) atoms. The Kier molecular flexibility index (Phi) is 5.55. The number of hydrogen-bond acceptors (Lipinski definition) is 3. The Morgan fingerprint density at radius 1 is 1.35 bits per heavy atom. The van der Waals surface area contributed by atoms with Crippen LogP contribution >= 0.6 is 23.2 Å². The Labute approximate surface area is 157 Å². The Hall–Kier alpha value is -1.47. The highest BCUT2D eigenvalue weighted by Crippen LogP contribution is 2.71. The average Bonchev–Trinajstić information content (AvgIpc) is 2.95. The van der Waals surface area contributed by atoms with Crippen LogP contribution in [0.5, 0.6) is 5.75 Å². The van der Waals surface area contributed by atoms with Crippen molar-refractivity contribution in [2.24, 2.45) is 16.7 Å². The standard InChI is InChI=1S/C17H16Cl2F4O3/c1-15(2)11(7-12(18)19)16(15,14(24)25)8-9-5-3-4-6-10(9)26-13(20)17(21,22)23/h3-7,11,13H,8H2,1-2H3,(H,24,25)/p-1. The second-order valence-corrected chi connectivity index (χ2v) is 7.68. The summed E-state index contributed by atoms with van der Waals surface area (Å²) < 4.78 is 54.8. The van der Waals surface area contributed by atoms with E-state index in [0.717, 1.165) is 6.07 Å². The number of halogens is 6. The molecule has 1 aliphatic carbocycles. The molecule has 0 bridgehead atoms. The Morgan fingerprint density at radius 3 is 2.42 bits per heavy atom. The van der Waals surface area contributed by atoms with Crippen molar-refractivity contribution in [3.8, 4) is 5.75 Å². The summed E-state index contributed by atoms with van der Waals surface area (Å²) in [6.45, 7) is 3.30. The van der Waals surface area contributed by atoms with E-state index in [1.165, 1.54) is 24.3 Å². The van der Waals surface area contributed by atoms with Crippen molar-refractivity contribution in [3.05, 3.63) is 40.4 Å². The quantitative estimate of drug-likeness (QED) is 0.657. The molecule has 9 heteroatoms. The Balaban J connectivity index is 2.38. The van der Waals surface area contributed by atoms with Crippen LogP contribution < -0.4 is 9.84 Å². The maximum Gasteiger partial charge on any atom is 0.457 e. The van der Waals surface area contributed by atoms with E-state index in [1.807, 2.05) is 0 Å². The van der Waals surface area contributed by atoms with Crippen LogP contribution in [0.1, 0.15) is 19.4 Å². The van der Waals surface area contributed by atoms with E-state index in [1.54, 1.807) is 13.8 Å². The van der Waals surface area contributed by atoms with Crippen molar-refractivity contribution in [1.29, 1.82) is 0 Å². The number of rotatable bonds is 6. The molecule has 1 fully saturated rings. The minimum Gasteiger partial charge on any atom is -0.549 e. The van der Waals surface area contributed by atoms with Gasteiger partial charge in [-0.2, -0.15) is 17.6 Å². The van der Waals surface area contributed by atoms with Crippen molar-refractivity contribution >= 4 is 29.2 Å². The summed E-state index contributed by atoms with van der Waals surface area (Å²) in [5, 5.41) is 11.9. The van der Waals surface area contributed by atoms with Crippen molar-refractivity contribution in [2.45, 2.75) is 32.8 Å². The summed E-state index contributed by atoms with van der Waals surface area (Å²) in [7, 11) is 0. The summed E-state index contributed by atoms with van der Waals surface area (Å²) in [6.07, 6.45) is -7.60. The number of benzene rings is 1. The van der Waals surface area contributed by atoms with Gasteiger partial charge in [-0.1, -0.05) is 55.2 Å². The van der Waals surface area contributed by atoms with Gasteiger partial charge in [-0.15, -0.1) is 0 Å². The molecule has 0 saturated heterocycles. The van der Waals surface area contributed by atoms with Crippen LogP contribution in [-0.4, -0.2) is 18.5 Å². The minimum atomic E-state index is -5.20. The van der Waals surface area contributed by atoms with Gasteiger partial charge in [-0.3, -0.25) is 0 Å². The molecule has 3 atom stereocenters. The van der Waals surface area contributed by atoms with Gasteiger partial charge in [0.05, 0.1) is 0 Å². The molecule has 2 rings (SSSR count). The van der Waals surface area contributed by atoms with Crippen LogP contribution in [0.25, 0.3) is 0 Å². The predicted molar refractivity (Wildman–Crippen MR) is 86.2 cm³/mol. The largest absolute Gasteiger partial charge is 0.549 e. The fraction of sp³-hybridized carbons (Fsp3) is 0.471. The number of carbonyl (C=O) groups excluding carboxylic acids is 1.